The van der Waals surface area contributed by atoms with Gasteiger partial charge in [0.1, 0.15) is 6.10 Å². The number of carboxylic acid groups (broad SMARTS) is 1. The highest BCUT2D eigenvalue weighted by molar-refractivity contribution is 5.73. The molecular weight excluding hydrogens is 683 g/mol. The summed E-state index contributed by atoms with van der Waals surface area (Å²) in [5.41, 5.74) is 4.74. The minimum Gasteiger partial charge on any atom is -0.481 e. The van der Waals surface area contributed by atoms with Gasteiger partial charge in [0.2, 0.25) is 0 Å². The standard InChI is InChI=1S/C49H75NO5/c1-11-49-23-18-38-45(8)20-19-39(55-41(53)32-43(4,5)31-40(51)52)44(6,7)37(45)17-21-46(38,9)47(49,10)24-25-48(22-16-36(33(2)3)42(48)49)30-34-12-14-35(15-13-34)50-26-28-54-29-27-50/h12-15,36-39,42H,2,11,16-32H2,1,3-10H3,(H,51,52)/t36-,37-,38+,39-,42-,45-,46+,47-,48+,49+/m0/s1. The summed E-state index contributed by atoms with van der Waals surface area (Å²) in [5, 5.41) is 9.40. The van der Waals surface area contributed by atoms with Crippen LogP contribution in [0, 0.1) is 61.6 Å². The number of hydrogen-bond acceptors (Lipinski definition) is 5. The van der Waals surface area contributed by atoms with E-state index in [9.17, 15) is 14.7 Å². The van der Waals surface area contributed by atoms with Gasteiger partial charge in [-0.05, 0) is 158 Å². The van der Waals surface area contributed by atoms with Crippen molar-refractivity contribution in [3.05, 3.63) is 42.0 Å². The lowest BCUT2D eigenvalue weighted by molar-refractivity contribution is -0.284. The summed E-state index contributed by atoms with van der Waals surface area (Å²) in [7, 11) is 0. The Balaban J connectivity index is 1.16. The first-order chi connectivity index (χ1) is 25.8. The van der Waals surface area contributed by atoms with Crippen molar-refractivity contribution in [1.82, 2.24) is 0 Å². The van der Waals surface area contributed by atoms with Gasteiger partial charge in [0.15, 0.2) is 0 Å². The molecule has 306 valence electrons. The predicted octanol–water partition coefficient (Wildman–Crippen LogP) is 11.3. The van der Waals surface area contributed by atoms with E-state index in [2.05, 4.69) is 77.6 Å². The summed E-state index contributed by atoms with van der Waals surface area (Å²) < 4.78 is 12.0. The molecule has 0 aromatic heterocycles. The van der Waals surface area contributed by atoms with Crippen molar-refractivity contribution in [3.8, 4) is 0 Å². The summed E-state index contributed by atoms with van der Waals surface area (Å²) in [5.74, 6) is 1.25. The Kier molecular flexibility index (Phi) is 10.5. The Morgan fingerprint density at radius 3 is 2.20 bits per heavy atom. The first-order valence-corrected chi connectivity index (χ1v) is 22.3. The van der Waals surface area contributed by atoms with Crippen LogP contribution in [0.1, 0.15) is 151 Å². The average molecular weight is 758 g/mol. The molecule has 10 atom stereocenters. The second-order valence-corrected chi connectivity index (χ2v) is 22.0. The van der Waals surface area contributed by atoms with Gasteiger partial charge in [0.05, 0.1) is 26.1 Å². The van der Waals surface area contributed by atoms with Crippen LogP contribution >= 0.6 is 0 Å². The number of benzene rings is 1. The molecule has 0 amide bonds. The zero-order valence-corrected chi connectivity index (χ0v) is 36.2. The molecule has 0 radical (unpaired) electrons. The number of morpholine rings is 1. The summed E-state index contributed by atoms with van der Waals surface area (Å²) in [6.07, 6.45) is 14.6. The SMILES string of the molecule is C=C(C)[C@@H]1CC[C@]2(Cc3ccc(N4CCOCC4)cc3)CC[C@]3(C)[C@](CC)(CC[C@@H]4[C@@]5(C)CC[C@H](OC(=O)CC(C)(C)CC(=O)O)C(C)(C)[C@@H]5CC[C@]43C)[C@@H]12. The Morgan fingerprint density at radius 2 is 1.56 bits per heavy atom. The summed E-state index contributed by atoms with van der Waals surface area (Å²) in [4.78, 5) is 27.3. The Morgan fingerprint density at radius 1 is 0.891 bits per heavy atom. The Hall–Kier alpha value is -2.34. The minimum absolute atomic E-state index is 0.0350. The fourth-order valence-corrected chi connectivity index (χ4v) is 16.0. The van der Waals surface area contributed by atoms with Crippen molar-refractivity contribution >= 4 is 17.6 Å². The summed E-state index contributed by atoms with van der Waals surface area (Å²) in [6.45, 7) is 29.8. The zero-order valence-electron chi connectivity index (χ0n) is 36.2. The summed E-state index contributed by atoms with van der Waals surface area (Å²) in [6, 6.07) is 9.65. The maximum absolute atomic E-state index is 13.3. The van der Waals surface area contributed by atoms with E-state index in [4.69, 9.17) is 16.1 Å². The molecule has 1 aromatic rings. The average Bonchev–Trinajstić information content (AvgIpc) is 3.50. The number of carbonyl (C=O) groups is 2. The van der Waals surface area contributed by atoms with Gasteiger partial charge >= 0.3 is 11.9 Å². The third-order valence-electron chi connectivity index (χ3n) is 18.6. The molecule has 1 aliphatic heterocycles. The van der Waals surface area contributed by atoms with Crippen LogP contribution in [0.5, 0.6) is 0 Å². The van der Waals surface area contributed by atoms with E-state index in [1.165, 1.54) is 81.0 Å². The normalized spacial score (nSPS) is 41.0. The molecule has 6 aliphatic rings. The number of allylic oxidation sites excluding steroid dienone is 1. The van der Waals surface area contributed by atoms with E-state index in [0.717, 1.165) is 39.1 Å². The van der Waals surface area contributed by atoms with Crippen LogP contribution in [0.25, 0.3) is 0 Å². The highest BCUT2D eigenvalue weighted by Gasteiger charge is 2.75. The fourth-order valence-electron chi connectivity index (χ4n) is 16.0. The molecule has 0 bridgehead atoms. The number of ether oxygens (including phenoxy) is 2. The lowest BCUT2D eigenvalue weighted by atomic mass is 9.28. The smallest absolute Gasteiger partial charge is 0.306 e. The van der Waals surface area contributed by atoms with Gasteiger partial charge in [-0.2, -0.15) is 0 Å². The largest absolute Gasteiger partial charge is 0.481 e. The molecule has 0 spiro atoms. The first-order valence-electron chi connectivity index (χ1n) is 22.3. The van der Waals surface area contributed by atoms with Gasteiger partial charge in [-0.25, -0.2) is 0 Å². The van der Waals surface area contributed by atoms with Crippen molar-refractivity contribution in [2.75, 3.05) is 31.2 Å². The second-order valence-electron chi connectivity index (χ2n) is 22.0. The number of hydrogen-bond donors (Lipinski definition) is 1. The topological polar surface area (TPSA) is 76.1 Å². The number of esters is 1. The van der Waals surface area contributed by atoms with Gasteiger partial charge in [-0.3, -0.25) is 9.59 Å². The highest BCUT2D eigenvalue weighted by Crippen LogP contribution is 2.82. The zero-order chi connectivity index (χ0) is 39.8. The molecule has 6 fully saturated rings. The van der Waals surface area contributed by atoms with Gasteiger partial charge in [0, 0.05) is 24.2 Å². The van der Waals surface area contributed by atoms with Crippen LogP contribution in [0.2, 0.25) is 0 Å². The number of anilines is 1. The lowest BCUT2D eigenvalue weighted by Crippen LogP contribution is -2.70. The van der Waals surface area contributed by atoms with Gasteiger partial charge < -0.3 is 19.5 Å². The van der Waals surface area contributed by atoms with Gasteiger partial charge in [0.25, 0.3) is 0 Å². The van der Waals surface area contributed by atoms with Crippen molar-refractivity contribution in [3.63, 3.8) is 0 Å². The van der Waals surface area contributed by atoms with E-state index >= 15 is 0 Å². The number of carboxylic acids is 1. The van der Waals surface area contributed by atoms with Gasteiger partial charge in [-0.1, -0.05) is 79.7 Å². The summed E-state index contributed by atoms with van der Waals surface area (Å²) >= 11 is 0. The molecule has 1 heterocycles. The van der Waals surface area contributed by atoms with E-state index in [-0.39, 0.29) is 52.0 Å². The molecular formula is C49H75NO5. The monoisotopic (exact) mass is 758 g/mol. The second kappa shape index (κ2) is 14.2. The molecule has 1 N–H and O–H groups in total. The van der Waals surface area contributed by atoms with Crippen molar-refractivity contribution < 1.29 is 24.2 Å². The van der Waals surface area contributed by atoms with Crippen molar-refractivity contribution in [2.45, 2.75) is 158 Å². The molecule has 55 heavy (non-hydrogen) atoms. The number of aliphatic carboxylic acids is 1. The van der Waals surface area contributed by atoms with Crippen LogP contribution in [-0.2, 0) is 25.5 Å². The van der Waals surface area contributed by atoms with E-state index in [1.54, 1.807) is 0 Å². The first kappa shape index (κ1) is 40.8. The molecule has 5 saturated carbocycles. The van der Waals surface area contributed by atoms with Crippen LogP contribution in [0.3, 0.4) is 0 Å². The molecule has 5 aliphatic carbocycles. The van der Waals surface area contributed by atoms with Crippen LogP contribution in [-0.4, -0.2) is 49.5 Å². The minimum atomic E-state index is -0.869. The molecule has 0 unspecified atom stereocenters. The maximum atomic E-state index is 13.3. The highest BCUT2D eigenvalue weighted by atomic mass is 16.5. The number of carbonyl (C=O) groups excluding carboxylic acids is 1. The Labute approximate surface area is 334 Å². The van der Waals surface area contributed by atoms with Crippen molar-refractivity contribution in [1.29, 1.82) is 0 Å². The van der Waals surface area contributed by atoms with Gasteiger partial charge in [-0.15, -0.1) is 0 Å². The maximum Gasteiger partial charge on any atom is 0.306 e. The Bertz CT molecular complexity index is 1630. The molecule has 1 aromatic carbocycles. The predicted molar refractivity (Wildman–Crippen MR) is 222 cm³/mol. The van der Waals surface area contributed by atoms with Crippen molar-refractivity contribution in [2.24, 2.45) is 61.6 Å². The number of nitrogens with zero attached hydrogens (tertiary/aromatic N) is 1. The van der Waals surface area contributed by atoms with Crippen LogP contribution < -0.4 is 4.90 Å². The van der Waals surface area contributed by atoms with E-state index in [1.807, 2.05) is 13.8 Å². The molecule has 6 nitrogen and oxygen atoms in total. The molecule has 6 heteroatoms. The third kappa shape index (κ3) is 6.44. The van der Waals surface area contributed by atoms with E-state index < -0.39 is 11.4 Å². The number of rotatable bonds is 10. The van der Waals surface area contributed by atoms with Crippen LogP contribution in [0.15, 0.2) is 36.4 Å². The van der Waals surface area contributed by atoms with Crippen LogP contribution in [0.4, 0.5) is 5.69 Å². The third-order valence-corrected chi connectivity index (χ3v) is 18.6. The molecule has 1 saturated heterocycles. The molecule has 7 rings (SSSR count). The lowest BCUT2D eigenvalue weighted by Gasteiger charge is -2.77. The number of fused-ring (bicyclic) bond motifs is 7. The quantitative estimate of drug-likeness (QED) is 0.189. The fraction of sp³-hybridized carbons (Fsp3) is 0.796. The van der Waals surface area contributed by atoms with E-state index in [0.29, 0.717) is 29.1 Å².